The Balaban J connectivity index is 1.93. The summed E-state index contributed by atoms with van der Waals surface area (Å²) < 4.78 is 5.02. The zero-order valence-corrected chi connectivity index (χ0v) is 10.6. The minimum Gasteiger partial charge on any atom is -0.444 e. The van der Waals surface area contributed by atoms with Gasteiger partial charge in [-0.1, -0.05) is 41.9 Å². The van der Waals surface area contributed by atoms with E-state index in [1.54, 1.807) is 0 Å². The predicted molar refractivity (Wildman–Crippen MR) is 72.3 cm³/mol. The van der Waals surface area contributed by atoms with Crippen LogP contribution in [0.3, 0.4) is 0 Å². The van der Waals surface area contributed by atoms with Crippen molar-refractivity contribution in [3.8, 4) is 0 Å². The number of rotatable bonds is 3. The minimum absolute atomic E-state index is 0.0594. The molecule has 0 saturated carbocycles. The number of anilines is 1. The smallest absolute Gasteiger partial charge is 0.412 e. The van der Waals surface area contributed by atoms with Crippen LogP contribution in [0, 0.1) is 0 Å². The van der Waals surface area contributed by atoms with Gasteiger partial charge in [0, 0.05) is 6.07 Å². The van der Waals surface area contributed by atoms with Crippen molar-refractivity contribution >= 4 is 23.4 Å². The summed E-state index contributed by atoms with van der Waals surface area (Å²) in [6.07, 6.45) is -0.641. The van der Waals surface area contributed by atoms with Gasteiger partial charge in [-0.25, -0.2) is 4.79 Å². The normalized spacial score (nSPS) is 9.95. The molecule has 0 unspecified atom stereocenters. The van der Waals surface area contributed by atoms with E-state index in [1.165, 1.54) is 12.1 Å². The number of carbonyl (C=O) groups is 1. The summed E-state index contributed by atoms with van der Waals surface area (Å²) in [5, 5.41) is 2.50. The Labute approximate surface area is 114 Å². The Bertz CT molecular complexity index is 625. The highest BCUT2D eigenvalue weighted by molar-refractivity contribution is 6.32. The van der Waals surface area contributed by atoms with Gasteiger partial charge in [0.15, 0.2) is 0 Å². The van der Waals surface area contributed by atoms with Crippen LogP contribution in [0.15, 0.2) is 47.3 Å². The molecule has 19 heavy (non-hydrogen) atoms. The number of aromatic nitrogens is 1. The van der Waals surface area contributed by atoms with Crippen LogP contribution in [0.2, 0.25) is 5.15 Å². The third-order valence-corrected chi connectivity index (χ3v) is 2.62. The van der Waals surface area contributed by atoms with Crippen LogP contribution in [-0.4, -0.2) is 11.1 Å². The monoisotopic (exact) mass is 278 g/mol. The van der Waals surface area contributed by atoms with Gasteiger partial charge in [-0.15, -0.1) is 0 Å². The molecule has 1 aromatic heterocycles. The molecule has 2 aromatic rings. The second-order valence-corrected chi connectivity index (χ2v) is 4.11. The molecular weight excluding hydrogens is 268 g/mol. The van der Waals surface area contributed by atoms with E-state index < -0.39 is 6.09 Å². The number of benzene rings is 1. The van der Waals surface area contributed by atoms with E-state index in [-0.39, 0.29) is 17.3 Å². The fraction of sp³-hybridized carbons (Fsp3) is 0.0769. The fourth-order valence-electron chi connectivity index (χ4n) is 1.42. The first-order chi connectivity index (χ1) is 9.15. The zero-order chi connectivity index (χ0) is 13.7. The Morgan fingerprint density at radius 1 is 1.21 bits per heavy atom. The topological polar surface area (TPSA) is 71.2 Å². The number of hydrogen-bond acceptors (Lipinski definition) is 3. The first kappa shape index (κ1) is 13.2. The molecule has 0 aliphatic rings. The third-order valence-electron chi connectivity index (χ3n) is 2.32. The molecule has 0 spiro atoms. The lowest BCUT2D eigenvalue weighted by molar-refractivity contribution is 0.155. The number of ether oxygens (including phenoxy) is 1. The van der Waals surface area contributed by atoms with Gasteiger partial charge in [0.1, 0.15) is 11.8 Å². The predicted octanol–water partition coefficient (Wildman–Crippen LogP) is 2.78. The Kier molecular flexibility index (Phi) is 4.20. The second kappa shape index (κ2) is 6.06. The Hall–Kier alpha value is -2.27. The summed E-state index contributed by atoms with van der Waals surface area (Å²) in [7, 11) is 0. The minimum atomic E-state index is -0.641. The number of carbonyl (C=O) groups excluding carboxylic acids is 1. The van der Waals surface area contributed by atoms with Crippen LogP contribution in [0.4, 0.5) is 10.5 Å². The molecule has 1 aromatic carbocycles. The highest BCUT2D eigenvalue weighted by atomic mass is 35.5. The molecule has 1 heterocycles. The summed E-state index contributed by atoms with van der Waals surface area (Å²) in [5.74, 6) is 0. The van der Waals surface area contributed by atoms with Crippen molar-refractivity contribution in [2.45, 2.75) is 6.61 Å². The van der Waals surface area contributed by atoms with Gasteiger partial charge in [0.2, 0.25) is 5.56 Å². The van der Waals surface area contributed by atoms with Crippen LogP contribution in [0.25, 0.3) is 0 Å². The number of amides is 1. The molecule has 98 valence electrons. The molecule has 0 atom stereocenters. The molecule has 0 aliphatic carbocycles. The van der Waals surface area contributed by atoms with E-state index in [1.807, 2.05) is 30.3 Å². The van der Waals surface area contributed by atoms with Crippen molar-refractivity contribution < 1.29 is 9.53 Å². The lowest BCUT2D eigenvalue weighted by Gasteiger charge is -2.07. The fourth-order valence-corrected chi connectivity index (χ4v) is 1.62. The maximum absolute atomic E-state index is 11.5. The summed E-state index contributed by atoms with van der Waals surface area (Å²) in [6, 6.07) is 12.0. The average Bonchev–Trinajstić information content (AvgIpc) is 2.41. The van der Waals surface area contributed by atoms with Crippen molar-refractivity contribution in [3.63, 3.8) is 0 Å². The average molecular weight is 279 g/mol. The lowest BCUT2D eigenvalue weighted by Crippen LogP contribution is -2.15. The van der Waals surface area contributed by atoms with Crippen LogP contribution >= 0.6 is 11.6 Å². The van der Waals surface area contributed by atoms with Crippen molar-refractivity contribution in [3.05, 3.63) is 63.5 Å². The van der Waals surface area contributed by atoms with Gasteiger partial charge < -0.3 is 9.72 Å². The highest BCUT2D eigenvalue weighted by Gasteiger charge is 2.07. The molecule has 0 saturated heterocycles. The van der Waals surface area contributed by atoms with Gasteiger partial charge in [0.25, 0.3) is 0 Å². The van der Waals surface area contributed by atoms with Crippen molar-refractivity contribution in [1.29, 1.82) is 0 Å². The second-order valence-electron chi connectivity index (χ2n) is 3.74. The molecule has 6 heteroatoms. The molecule has 5 nitrogen and oxygen atoms in total. The van der Waals surface area contributed by atoms with Gasteiger partial charge in [-0.2, -0.15) is 0 Å². The maximum atomic E-state index is 11.5. The first-order valence-electron chi connectivity index (χ1n) is 5.51. The molecule has 0 aliphatic heterocycles. The van der Waals surface area contributed by atoms with Gasteiger partial charge in [-0.3, -0.25) is 10.1 Å². The number of H-pyrrole nitrogens is 1. The SMILES string of the molecule is O=C(Nc1ccc(=O)[nH]c1Cl)OCc1ccccc1. The molecule has 1 amide bonds. The van der Waals surface area contributed by atoms with Gasteiger partial charge >= 0.3 is 6.09 Å². The Morgan fingerprint density at radius 2 is 1.95 bits per heavy atom. The van der Waals surface area contributed by atoms with Crippen molar-refractivity contribution in [1.82, 2.24) is 4.98 Å². The van der Waals surface area contributed by atoms with E-state index in [9.17, 15) is 9.59 Å². The van der Waals surface area contributed by atoms with E-state index in [0.717, 1.165) is 5.56 Å². The summed E-state index contributed by atoms with van der Waals surface area (Å²) in [4.78, 5) is 24.9. The molecule has 0 bridgehead atoms. The zero-order valence-electron chi connectivity index (χ0n) is 9.85. The maximum Gasteiger partial charge on any atom is 0.412 e. The van der Waals surface area contributed by atoms with Crippen LogP contribution < -0.4 is 10.9 Å². The largest absolute Gasteiger partial charge is 0.444 e. The van der Waals surface area contributed by atoms with Crippen molar-refractivity contribution in [2.24, 2.45) is 0 Å². The molecule has 0 radical (unpaired) electrons. The molecule has 0 fully saturated rings. The van der Waals surface area contributed by atoms with E-state index in [2.05, 4.69) is 10.3 Å². The summed E-state index contributed by atoms with van der Waals surface area (Å²) >= 11 is 5.76. The summed E-state index contributed by atoms with van der Waals surface area (Å²) in [6.45, 7) is 0.160. The van der Waals surface area contributed by atoms with Crippen LogP contribution in [0.1, 0.15) is 5.56 Å². The molecule has 2 N–H and O–H groups in total. The standard InChI is InChI=1S/C13H11ClN2O3/c14-12-10(6-7-11(17)16-12)15-13(18)19-8-9-4-2-1-3-5-9/h1-7H,8H2,(H,15,18)(H,16,17). The highest BCUT2D eigenvalue weighted by Crippen LogP contribution is 2.16. The molecular formula is C13H11ClN2O3. The summed E-state index contributed by atoms with van der Waals surface area (Å²) in [5.41, 5.74) is 0.831. The number of nitrogens with one attached hydrogen (secondary N) is 2. The number of pyridine rings is 1. The number of halogens is 1. The Morgan fingerprint density at radius 3 is 2.63 bits per heavy atom. The molecule has 2 rings (SSSR count). The van der Waals surface area contributed by atoms with Gasteiger partial charge in [-0.05, 0) is 11.6 Å². The van der Waals surface area contributed by atoms with Crippen molar-refractivity contribution in [2.75, 3.05) is 5.32 Å². The van der Waals surface area contributed by atoms with Crippen LogP contribution in [0.5, 0.6) is 0 Å². The van der Waals surface area contributed by atoms with E-state index in [4.69, 9.17) is 16.3 Å². The quantitative estimate of drug-likeness (QED) is 0.848. The number of hydrogen-bond donors (Lipinski definition) is 2. The van der Waals surface area contributed by atoms with E-state index in [0.29, 0.717) is 5.69 Å². The number of aromatic amines is 1. The first-order valence-corrected chi connectivity index (χ1v) is 5.89. The lowest BCUT2D eigenvalue weighted by atomic mass is 10.2. The van der Waals surface area contributed by atoms with Gasteiger partial charge in [0.05, 0.1) is 5.69 Å². The van der Waals surface area contributed by atoms with Crippen LogP contribution in [-0.2, 0) is 11.3 Å². The third kappa shape index (κ3) is 3.86. The van der Waals surface area contributed by atoms with E-state index >= 15 is 0 Å².